The predicted octanol–water partition coefficient (Wildman–Crippen LogP) is 4.02. The third kappa shape index (κ3) is 3.22. The number of hydrogen-bond donors (Lipinski definition) is 1. The molecule has 0 aliphatic carbocycles. The second-order valence-electron chi connectivity index (χ2n) is 5.10. The van der Waals surface area contributed by atoms with Gasteiger partial charge in [0.15, 0.2) is 0 Å². The maximum absolute atomic E-state index is 12.6. The van der Waals surface area contributed by atoms with Crippen molar-refractivity contribution in [3.05, 3.63) is 32.8 Å². The van der Waals surface area contributed by atoms with E-state index in [0.29, 0.717) is 23.0 Å². The largest absolute Gasteiger partial charge is 0.393 e. The minimum atomic E-state index is -0.446. The fourth-order valence-corrected chi connectivity index (χ4v) is 3.30. The summed E-state index contributed by atoms with van der Waals surface area (Å²) < 4.78 is 0. The Balaban J connectivity index is 2.29. The van der Waals surface area contributed by atoms with Gasteiger partial charge in [0.1, 0.15) is 0 Å². The first-order chi connectivity index (χ1) is 9.41. The van der Waals surface area contributed by atoms with Crippen LogP contribution in [-0.4, -0.2) is 34.6 Å². The Morgan fingerprint density at radius 3 is 2.70 bits per heavy atom. The van der Waals surface area contributed by atoms with Gasteiger partial charge in [-0.3, -0.25) is 4.79 Å². The first-order valence-corrected chi connectivity index (χ1v) is 7.67. The average molecular weight is 337 g/mol. The highest BCUT2D eigenvalue weighted by Gasteiger charge is 2.32. The van der Waals surface area contributed by atoms with E-state index in [4.69, 9.17) is 34.8 Å². The number of nitrogens with zero attached hydrogens (tertiary/aromatic N) is 1. The van der Waals surface area contributed by atoms with E-state index in [1.165, 1.54) is 0 Å². The zero-order chi connectivity index (χ0) is 14.9. The number of aliphatic hydroxyl groups excluding tert-OH is 1. The molecule has 1 aliphatic rings. The molecule has 2 atom stereocenters. The lowest BCUT2D eigenvalue weighted by Gasteiger charge is -2.26. The molecule has 3 nitrogen and oxygen atoms in total. The van der Waals surface area contributed by atoms with Crippen LogP contribution in [0.5, 0.6) is 0 Å². The lowest BCUT2D eigenvalue weighted by Crippen LogP contribution is -2.37. The van der Waals surface area contributed by atoms with Gasteiger partial charge in [0, 0.05) is 12.6 Å². The van der Waals surface area contributed by atoms with Crippen LogP contribution in [0.1, 0.15) is 36.5 Å². The molecule has 0 saturated carbocycles. The first-order valence-electron chi connectivity index (χ1n) is 6.54. The lowest BCUT2D eigenvalue weighted by molar-refractivity contribution is 0.0682. The van der Waals surface area contributed by atoms with Crippen LogP contribution in [0.2, 0.25) is 15.1 Å². The van der Waals surface area contributed by atoms with Crippen molar-refractivity contribution >= 4 is 40.7 Å². The standard InChI is InChI=1S/C14H16Cl3NO2/c1-8(19)7-9-3-2-6-18(9)14(20)12-10(15)4-5-11(16)13(12)17/h4-5,8-9,19H,2-3,6-7H2,1H3. The first kappa shape index (κ1) is 15.9. The highest BCUT2D eigenvalue weighted by molar-refractivity contribution is 6.46. The number of rotatable bonds is 3. The molecular weight excluding hydrogens is 321 g/mol. The molecular formula is C14H16Cl3NO2. The van der Waals surface area contributed by atoms with E-state index in [-0.39, 0.29) is 22.5 Å². The van der Waals surface area contributed by atoms with Crippen LogP contribution in [-0.2, 0) is 0 Å². The van der Waals surface area contributed by atoms with Crippen molar-refractivity contribution in [2.24, 2.45) is 0 Å². The Labute approximate surface area is 133 Å². The predicted molar refractivity (Wildman–Crippen MR) is 81.8 cm³/mol. The highest BCUT2D eigenvalue weighted by Crippen LogP contribution is 2.34. The van der Waals surface area contributed by atoms with Crippen molar-refractivity contribution in [2.75, 3.05) is 6.54 Å². The number of benzene rings is 1. The maximum atomic E-state index is 12.6. The van der Waals surface area contributed by atoms with Gasteiger partial charge >= 0.3 is 0 Å². The summed E-state index contributed by atoms with van der Waals surface area (Å²) in [6.07, 6.45) is 1.91. The van der Waals surface area contributed by atoms with Gasteiger partial charge in [-0.2, -0.15) is 0 Å². The van der Waals surface area contributed by atoms with E-state index in [2.05, 4.69) is 0 Å². The van der Waals surface area contributed by atoms with E-state index < -0.39 is 6.10 Å². The number of aliphatic hydroxyl groups is 1. The number of halogens is 3. The van der Waals surface area contributed by atoms with Gasteiger partial charge in [-0.25, -0.2) is 0 Å². The van der Waals surface area contributed by atoms with Crippen LogP contribution < -0.4 is 0 Å². The topological polar surface area (TPSA) is 40.5 Å². The van der Waals surface area contributed by atoms with E-state index in [9.17, 15) is 9.90 Å². The van der Waals surface area contributed by atoms with Gasteiger partial charge in [0.25, 0.3) is 5.91 Å². The quantitative estimate of drug-likeness (QED) is 0.847. The molecule has 1 aromatic carbocycles. The van der Waals surface area contributed by atoms with Gasteiger partial charge in [0.05, 0.1) is 26.7 Å². The van der Waals surface area contributed by atoms with Crippen molar-refractivity contribution in [3.63, 3.8) is 0 Å². The van der Waals surface area contributed by atoms with E-state index in [1.54, 1.807) is 24.0 Å². The van der Waals surface area contributed by atoms with Crippen molar-refractivity contribution in [1.29, 1.82) is 0 Å². The number of carbonyl (C=O) groups is 1. The fraction of sp³-hybridized carbons (Fsp3) is 0.500. The van der Waals surface area contributed by atoms with Gasteiger partial charge in [-0.1, -0.05) is 34.8 Å². The van der Waals surface area contributed by atoms with Gasteiger partial charge < -0.3 is 10.0 Å². The van der Waals surface area contributed by atoms with Gasteiger partial charge in [-0.05, 0) is 38.3 Å². The monoisotopic (exact) mass is 335 g/mol. The summed E-state index contributed by atoms with van der Waals surface area (Å²) in [5.74, 6) is -0.217. The second-order valence-corrected chi connectivity index (χ2v) is 6.29. The lowest BCUT2D eigenvalue weighted by atomic mass is 10.1. The SMILES string of the molecule is CC(O)CC1CCCN1C(=O)c1c(Cl)ccc(Cl)c1Cl. The zero-order valence-electron chi connectivity index (χ0n) is 11.1. The molecule has 1 aromatic rings. The molecule has 1 amide bonds. The molecule has 0 aromatic heterocycles. The number of likely N-dealkylation sites (tertiary alicyclic amines) is 1. The third-order valence-electron chi connectivity index (χ3n) is 3.51. The van der Waals surface area contributed by atoms with Crippen LogP contribution >= 0.6 is 34.8 Å². The Morgan fingerprint density at radius 1 is 1.40 bits per heavy atom. The third-order valence-corrected chi connectivity index (χ3v) is 4.63. The fourth-order valence-electron chi connectivity index (χ4n) is 2.61. The number of carbonyl (C=O) groups excluding carboxylic acids is 1. The molecule has 1 aliphatic heterocycles. The smallest absolute Gasteiger partial charge is 0.257 e. The van der Waals surface area contributed by atoms with Crippen molar-refractivity contribution < 1.29 is 9.90 Å². The van der Waals surface area contributed by atoms with Gasteiger partial charge in [0.2, 0.25) is 0 Å². The molecule has 1 N–H and O–H groups in total. The molecule has 1 saturated heterocycles. The molecule has 0 bridgehead atoms. The van der Waals surface area contributed by atoms with E-state index in [0.717, 1.165) is 12.8 Å². The molecule has 2 unspecified atom stereocenters. The van der Waals surface area contributed by atoms with Crippen molar-refractivity contribution in [3.8, 4) is 0 Å². The number of amides is 1. The molecule has 20 heavy (non-hydrogen) atoms. The Hall–Kier alpha value is -0.480. The summed E-state index contributed by atoms with van der Waals surface area (Å²) in [5, 5.41) is 10.3. The minimum absolute atomic E-state index is 0.0219. The summed E-state index contributed by atoms with van der Waals surface area (Å²) >= 11 is 18.2. The molecule has 2 rings (SSSR count). The zero-order valence-corrected chi connectivity index (χ0v) is 13.3. The average Bonchev–Trinajstić information content (AvgIpc) is 2.81. The van der Waals surface area contributed by atoms with Crippen LogP contribution in [0.4, 0.5) is 0 Å². The van der Waals surface area contributed by atoms with Crippen LogP contribution in [0, 0.1) is 0 Å². The molecule has 0 spiro atoms. The summed E-state index contributed by atoms with van der Waals surface area (Å²) in [4.78, 5) is 14.4. The Bertz CT molecular complexity index is 519. The summed E-state index contributed by atoms with van der Waals surface area (Å²) in [5.41, 5.74) is 0.248. The second kappa shape index (κ2) is 6.52. The Morgan fingerprint density at radius 2 is 2.05 bits per heavy atom. The molecule has 110 valence electrons. The van der Waals surface area contributed by atoms with Crippen LogP contribution in [0.15, 0.2) is 12.1 Å². The summed E-state index contributed by atoms with van der Waals surface area (Å²) in [7, 11) is 0. The van der Waals surface area contributed by atoms with Crippen LogP contribution in [0.3, 0.4) is 0 Å². The van der Waals surface area contributed by atoms with Crippen molar-refractivity contribution in [2.45, 2.75) is 38.3 Å². The molecule has 1 heterocycles. The molecule has 0 radical (unpaired) electrons. The van der Waals surface area contributed by atoms with E-state index >= 15 is 0 Å². The summed E-state index contributed by atoms with van der Waals surface area (Å²) in [6.45, 7) is 2.37. The minimum Gasteiger partial charge on any atom is -0.393 e. The normalized spacial score (nSPS) is 20.2. The highest BCUT2D eigenvalue weighted by atomic mass is 35.5. The molecule has 1 fully saturated rings. The van der Waals surface area contributed by atoms with E-state index in [1.807, 2.05) is 0 Å². The van der Waals surface area contributed by atoms with Gasteiger partial charge in [-0.15, -0.1) is 0 Å². The van der Waals surface area contributed by atoms with Crippen molar-refractivity contribution in [1.82, 2.24) is 4.90 Å². The Kier molecular flexibility index (Phi) is 5.19. The molecule has 6 heteroatoms. The summed E-state index contributed by atoms with van der Waals surface area (Å²) in [6, 6.07) is 3.16. The number of hydrogen-bond acceptors (Lipinski definition) is 2. The maximum Gasteiger partial charge on any atom is 0.257 e. The van der Waals surface area contributed by atoms with Crippen LogP contribution in [0.25, 0.3) is 0 Å².